The Morgan fingerprint density at radius 3 is 2.44 bits per heavy atom. The van der Waals surface area contributed by atoms with E-state index < -0.39 is 15.8 Å². The van der Waals surface area contributed by atoms with Gasteiger partial charge in [-0.2, -0.15) is 0 Å². The summed E-state index contributed by atoms with van der Waals surface area (Å²) in [5.74, 6) is -0.404. The minimum Gasteiger partial charge on any atom is -0.294 e. The number of aryl methyl sites for hydroxylation is 2. The molecule has 2 heterocycles. The number of H-pyrrole nitrogens is 1. The normalized spacial score (nSPS) is 12.1. The van der Waals surface area contributed by atoms with Gasteiger partial charge in [-0.1, -0.05) is 13.3 Å². The third kappa shape index (κ3) is 5.41. The largest absolute Gasteiger partial charge is 0.294 e. The number of aromatic nitrogens is 4. The Hall–Kier alpha value is -4.12. The molecule has 4 aromatic rings. The highest BCUT2D eigenvalue weighted by atomic mass is 32.2. The number of nitrogens with one attached hydrogen (secondary N) is 2. The molecule has 0 saturated heterocycles. The third-order valence-corrected chi connectivity index (χ3v) is 6.72. The molecule has 0 atom stereocenters. The average molecular weight is 509 g/mol. The van der Waals surface area contributed by atoms with Gasteiger partial charge in [-0.25, -0.2) is 32.2 Å². The smallest absolute Gasteiger partial charge is 0.280 e. The maximum atomic E-state index is 13.3. The van der Waals surface area contributed by atoms with Crippen molar-refractivity contribution in [3.8, 4) is 5.69 Å². The summed E-state index contributed by atoms with van der Waals surface area (Å²) in [5.41, 5.74) is 2.95. The zero-order valence-electron chi connectivity index (χ0n) is 20.0. The quantitative estimate of drug-likeness (QED) is 0.344. The van der Waals surface area contributed by atoms with Gasteiger partial charge in [0, 0.05) is 17.6 Å². The van der Waals surface area contributed by atoms with Crippen LogP contribution in [0.1, 0.15) is 37.2 Å². The van der Waals surface area contributed by atoms with Crippen LogP contribution in [0.5, 0.6) is 0 Å². The maximum Gasteiger partial charge on any atom is 0.280 e. The molecule has 4 rings (SSSR count). The fraction of sp³-hybridized carbons (Fsp3) is 0.200. The lowest BCUT2D eigenvalue weighted by Gasteiger charge is -2.07. The van der Waals surface area contributed by atoms with E-state index in [4.69, 9.17) is 0 Å². The molecule has 0 fully saturated rings. The lowest BCUT2D eigenvalue weighted by Crippen LogP contribution is -2.19. The molecule has 0 amide bonds. The summed E-state index contributed by atoms with van der Waals surface area (Å²) in [6.45, 7) is 5.46. The summed E-state index contributed by atoms with van der Waals surface area (Å²) in [5, 5.41) is 3.11. The Balaban J connectivity index is 1.63. The summed E-state index contributed by atoms with van der Waals surface area (Å²) in [7, 11) is -3.89. The van der Waals surface area contributed by atoms with Crippen molar-refractivity contribution in [3.63, 3.8) is 0 Å². The highest BCUT2D eigenvalue weighted by Crippen LogP contribution is 2.20. The molecule has 0 aliphatic heterocycles. The van der Waals surface area contributed by atoms with Gasteiger partial charge in [0.15, 0.2) is 0 Å². The summed E-state index contributed by atoms with van der Waals surface area (Å²) in [4.78, 5) is 25.8. The Morgan fingerprint density at radius 1 is 1.11 bits per heavy atom. The van der Waals surface area contributed by atoms with Crippen molar-refractivity contribution in [2.75, 3.05) is 4.72 Å². The minimum absolute atomic E-state index is 0.0127. The van der Waals surface area contributed by atoms with Crippen LogP contribution in [0.2, 0.25) is 0 Å². The van der Waals surface area contributed by atoms with E-state index in [1.807, 2.05) is 6.92 Å². The van der Waals surface area contributed by atoms with Crippen LogP contribution in [0.3, 0.4) is 0 Å². The first kappa shape index (κ1) is 25.0. The average Bonchev–Trinajstić information content (AvgIpc) is 3.15. The molecule has 11 heteroatoms. The fourth-order valence-electron chi connectivity index (χ4n) is 3.69. The molecular weight excluding hydrogens is 483 g/mol. The summed E-state index contributed by atoms with van der Waals surface area (Å²) in [6, 6.07) is 13.2. The van der Waals surface area contributed by atoms with Gasteiger partial charge in [0.25, 0.3) is 15.6 Å². The van der Waals surface area contributed by atoms with E-state index in [-0.39, 0.29) is 16.4 Å². The molecule has 36 heavy (non-hydrogen) atoms. The van der Waals surface area contributed by atoms with Crippen LogP contribution in [0.15, 0.2) is 75.5 Å². The van der Waals surface area contributed by atoms with Crippen LogP contribution in [-0.4, -0.2) is 33.9 Å². The molecular formula is C25H25FN6O3S. The van der Waals surface area contributed by atoms with E-state index in [2.05, 4.69) is 24.8 Å². The van der Waals surface area contributed by atoms with E-state index in [1.54, 1.807) is 32.0 Å². The standard InChI is InChI=1S/C25H25FN6O3S/c1-4-5-22-23(24(33)32(30-22)20-10-6-18(26)7-11-20)17(3)29-19-8-12-21(13-9-19)36(34,35)31-25-27-15-14-16(2)28-25/h6-15,30H,4-5H2,1-3H3,(H,27,28,31). The van der Waals surface area contributed by atoms with Crippen LogP contribution in [-0.2, 0) is 16.4 Å². The molecule has 0 spiro atoms. The Morgan fingerprint density at radius 2 is 1.81 bits per heavy atom. The predicted octanol–water partition coefficient (Wildman–Crippen LogP) is 4.30. The van der Waals surface area contributed by atoms with Gasteiger partial charge in [-0.15, -0.1) is 0 Å². The van der Waals surface area contributed by atoms with Crippen molar-refractivity contribution in [1.29, 1.82) is 0 Å². The van der Waals surface area contributed by atoms with Crippen molar-refractivity contribution in [2.24, 2.45) is 4.99 Å². The number of aliphatic imine (C=N–C) groups is 1. The Labute approximate surface area is 207 Å². The van der Waals surface area contributed by atoms with E-state index in [0.717, 1.165) is 12.1 Å². The monoisotopic (exact) mass is 508 g/mol. The van der Waals surface area contributed by atoms with Gasteiger partial charge in [0.2, 0.25) is 5.95 Å². The second-order valence-corrected chi connectivity index (χ2v) is 9.83. The SMILES string of the molecule is CCCc1[nH]n(-c2ccc(F)cc2)c(=O)c1C(C)=Nc1ccc(S(=O)(=O)Nc2nccc(C)n2)cc1. The van der Waals surface area contributed by atoms with Crippen molar-refractivity contribution in [2.45, 2.75) is 38.5 Å². The minimum atomic E-state index is -3.89. The third-order valence-electron chi connectivity index (χ3n) is 5.38. The van der Waals surface area contributed by atoms with Gasteiger partial charge >= 0.3 is 0 Å². The molecule has 2 aromatic heterocycles. The van der Waals surface area contributed by atoms with E-state index in [9.17, 15) is 17.6 Å². The van der Waals surface area contributed by atoms with Crippen molar-refractivity contribution in [3.05, 3.63) is 93.9 Å². The van der Waals surface area contributed by atoms with Crippen LogP contribution < -0.4 is 10.3 Å². The van der Waals surface area contributed by atoms with E-state index in [1.165, 1.54) is 47.3 Å². The second kappa shape index (κ2) is 10.2. The summed E-state index contributed by atoms with van der Waals surface area (Å²) >= 11 is 0. The van der Waals surface area contributed by atoms with Gasteiger partial charge in [-0.05, 0) is 74.9 Å². The Kier molecular flexibility index (Phi) is 7.11. The first-order valence-corrected chi connectivity index (χ1v) is 12.7. The number of hydrogen-bond acceptors (Lipinski definition) is 6. The molecule has 0 saturated carbocycles. The molecule has 9 nitrogen and oxygen atoms in total. The molecule has 0 unspecified atom stereocenters. The van der Waals surface area contributed by atoms with Gasteiger partial charge < -0.3 is 0 Å². The molecule has 0 aliphatic rings. The van der Waals surface area contributed by atoms with Gasteiger partial charge in [0.05, 0.1) is 27.5 Å². The topological polar surface area (TPSA) is 122 Å². The molecule has 2 N–H and O–H groups in total. The molecule has 0 radical (unpaired) electrons. The first-order chi connectivity index (χ1) is 17.2. The number of halogens is 1. The molecule has 2 aromatic carbocycles. The Bertz CT molecular complexity index is 1570. The van der Waals surface area contributed by atoms with Crippen molar-refractivity contribution in [1.82, 2.24) is 19.7 Å². The molecule has 0 aliphatic carbocycles. The number of sulfonamides is 1. The van der Waals surface area contributed by atoms with Crippen molar-refractivity contribution < 1.29 is 12.8 Å². The fourth-order valence-corrected chi connectivity index (χ4v) is 4.64. The highest BCUT2D eigenvalue weighted by Gasteiger charge is 2.18. The number of anilines is 1. The predicted molar refractivity (Wildman–Crippen MR) is 136 cm³/mol. The molecule has 0 bridgehead atoms. The lowest BCUT2D eigenvalue weighted by atomic mass is 10.1. The maximum absolute atomic E-state index is 13.3. The van der Waals surface area contributed by atoms with Gasteiger partial charge in [-0.3, -0.25) is 14.9 Å². The van der Waals surface area contributed by atoms with Crippen LogP contribution in [0.25, 0.3) is 5.69 Å². The number of aromatic amines is 1. The van der Waals surface area contributed by atoms with Crippen molar-refractivity contribution >= 4 is 27.4 Å². The first-order valence-electron chi connectivity index (χ1n) is 11.3. The molecule has 186 valence electrons. The summed E-state index contributed by atoms with van der Waals surface area (Å²) < 4.78 is 42.4. The highest BCUT2D eigenvalue weighted by molar-refractivity contribution is 7.92. The van der Waals surface area contributed by atoms with Crippen LogP contribution in [0, 0.1) is 12.7 Å². The second-order valence-electron chi connectivity index (χ2n) is 8.15. The number of rotatable bonds is 8. The van der Waals surface area contributed by atoms with E-state index in [0.29, 0.717) is 34.8 Å². The number of benzene rings is 2. The summed E-state index contributed by atoms with van der Waals surface area (Å²) in [6.07, 6.45) is 2.89. The van der Waals surface area contributed by atoms with E-state index >= 15 is 0 Å². The number of hydrogen-bond donors (Lipinski definition) is 2. The zero-order valence-corrected chi connectivity index (χ0v) is 20.8. The number of nitrogens with zero attached hydrogens (tertiary/aromatic N) is 4. The van der Waals surface area contributed by atoms with Crippen LogP contribution >= 0.6 is 0 Å². The van der Waals surface area contributed by atoms with Crippen LogP contribution in [0.4, 0.5) is 16.0 Å². The zero-order chi connectivity index (χ0) is 25.9. The lowest BCUT2D eigenvalue weighted by molar-refractivity contribution is 0.601. The van der Waals surface area contributed by atoms with Gasteiger partial charge in [0.1, 0.15) is 5.82 Å².